The topological polar surface area (TPSA) is 90.2 Å². The molecule has 0 bridgehead atoms. The van der Waals surface area contributed by atoms with Crippen molar-refractivity contribution in [1.29, 1.82) is 0 Å². The molecular weight excluding hydrogens is 632 g/mol. The molecule has 1 heterocycles. The molecule has 1 atom stereocenters. The molecule has 200 valence electrons. The van der Waals surface area contributed by atoms with E-state index < -0.39 is 65.4 Å². The maximum Gasteiger partial charge on any atom is 0.433 e. The van der Waals surface area contributed by atoms with Crippen LogP contribution in [0.2, 0.25) is 5.02 Å². The van der Waals surface area contributed by atoms with Gasteiger partial charge in [0.15, 0.2) is 6.20 Å². The Balaban J connectivity index is 2.23. The molecule has 0 fully saturated rings. The molecule has 3 rings (SSSR count). The molecule has 0 aliphatic rings. The van der Waals surface area contributed by atoms with Gasteiger partial charge in [0.25, 0.3) is 5.91 Å². The van der Waals surface area contributed by atoms with Gasteiger partial charge in [-0.25, -0.2) is 12.8 Å². The Morgan fingerprint density at radius 1 is 1.05 bits per heavy atom. The van der Waals surface area contributed by atoms with Crippen molar-refractivity contribution >= 4 is 59.9 Å². The predicted molar refractivity (Wildman–Crippen MR) is 118 cm³/mol. The van der Waals surface area contributed by atoms with Crippen LogP contribution in [0.1, 0.15) is 15.9 Å². The zero-order valence-corrected chi connectivity index (χ0v) is 20.6. The van der Waals surface area contributed by atoms with E-state index in [0.717, 1.165) is 18.3 Å². The fourth-order valence-electron chi connectivity index (χ4n) is 3.22. The largest absolute Gasteiger partial charge is 0.618 e. The third kappa shape index (κ3) is 5.05. The lowest BCUT2D eigenvalue weighted by Gasteiger charge is -2.32. The average Bonchev–Trinajstić information content (AvgIpc) is 2.77. The van der Waals surface area contributed by atoms with Gasteiger partial charge in [0.2, 0.25) is 15.4 Å². The van der Waals surface area contributed by atoms with Crippen molar-refractivity contribution in [3.63, 3.8) is 0 Å². The molecule has 0 aliphatic carbocycles. The number of alkyl halides is 9. The van der Waals surface area contributed by atoms with E-state index >= 15 is 0 Å². The van der Waals surface area contributed by atoms with Crippen LogP contribution < -0.4 is 10.0 Å². The number of rotatable bonds is 6. The van der Waals surface area contributed by atoms with Crippen molar-refractivity contribution in [2.45, 2.75) is 27.3 Å². The highest BCUT2D eigenvalue weighted by Gasteiger charge is 2.71. The lowest BCUT2D eigenvalue weighted by atomic mass is 9.95. The number of amides is 1. The Hall–Kier alpha value is -2.72. The number of anilines is 1. The van der Waals surface area contributed by atoms with Crippen LogP contribution in [0, 0.1) is 5.21 Å². The highest BCUT2D eigenvalue weighted by Crippen LogP contribution is 2.56. The Morgan fingerprint density at radius 2 is 1.68 bits per heavy atom. The number of fused-ring (bicyclic) bond motifs is 1. The SMILES string of the molecule is O=C(Nc1c(Cl)cc(C(F)(C(F)(F)F)C(F)(F)Br)cc1S(=O)(=O)C(F)F)c1ccc2ccc[n+]([O-])c2c1. The van der Waals surface area contributed by atoms with Crippen LogP contribution in [0.15, 0.2) is 53.6 Å². The summed E-state index contributed by atoms with van der Waals surface area (Å²) in [6, 6.07) is 5.82. The minimum Gasteiger partial charge on any atom is -0.618 e. The zero-order chi connectivity index (χ0) is 28.1. The maximum absolute atomic E-state index is 14.9. The van der Waals surface area contributed by atoms with E-state index in [1.807, 2.05) is 0 Å². The van der Waals surface area contributed by atoms with Gasteiger partial charge >= 0.3 is 22.4 Å². The third-order valence-electron chi connectivity index (χ3n) is 5.04. The van der Waals surface area contributed by atoms with E-state index in [4.69, 9.17) is 11.6 Å². The second kappa shape index (κ2) is 9.54. The fraction of sp³-hybridized carbons (Fsp3) is 0.200. The van der Waals surface area contributed by atoms with Gasteiger partial charge in [-0.15, -0.1) is 0 Å². The van der Waals surface area contributed by atoms with E-state index in [9.17, 15) is 53.5 Å². The highest BCUT2D eigenvalue weighted by atomic mass is 79.9. The predicted octanol–water partition coefficient (Wildman–Crippen LogP) is 6.09. The molecule has 2 aromatic carbocycles. The van der Waals surface area contributed by atoms with Crippen LogP contribution in [0.25, 0.3) is 10.9 Å². The van der Waals surface area contributed by atoms with Gasteiger partial charge in [-0.1, -0.05) is 11.6 Å². The first-order chi connectivity index (χ1) is 16.8. The lowest BCUT2D eigenvalue weighted by Crippen LogP contribution is -2.49. The summed E-state index contributed by atoms with van der Waals surface area (Å²) in [6.45, 7) is 0. The quantitative estimate of drug-likeness (QED) is 0.153. The summed E-state index contributed by atoms with van der Waals surface area (Å²) in [5, 5.41) is 12.8. The number of pyridine rings is 1. The lowest BCUT2D eigenvalue weighted by molar-refractivity contribution is -0.577. The number of halogens is 10. The number of sulfone groups is 1. The van der Waals surface area contributed by atoms with Crippen LogP contribution in [0.3, 0.4) is 0 Å². The molecular formula is C20H10BrClF8N2O4S. The molecule has 1 N–H and O–H groups in total. The number of hydrogen-bond donors (Lipinski definition) is 1. The monoisotopic (exact) mass is 640 g/mol. The van der Waals surface area contributed by atoms with E-state index in [1.54, 1.807) is 5.32 Å². The molecule has 0 saturated heterocycles. The summed E-state index contributed by atoms with van der Waals surface area (Å²) in [7, 11) is -5.95. The first-order valence-electron chi connectivity index (χ1n) is 9.44. The molecule has 17 heteroatoms. The van der Waals surface area contributed by atoms with Crippen molar-refractivity contribution in [3.8, 4) is 0 Å². The van der Waals surface area contributed by atoms with Gasteiger partial charge in [0, 0.05) is 28.6 Å². The van der Waals surface area contributed by atoms with Crippen LogP contribution in [0.5, 0.6) is 0 Å². The smallest absolute Gasteiger partial charge is 0.433 e. The van der Waals surface area contributed by atoms with Gasteiger partial charge in [-0.05, 0) is 46.3 Å². The van der Waals surface area contributed by atoms with Gasteiger partial charge < -0.3 is 10.5 Å². The average molecular weight is 642 g/mol. The number of nitrogens with zero attached hydrogens (tertiary/aromatic N) is 1. The van der Waals surface area contributed by atoms with Crippen LogP contribution >= 0.6 is 27.5 Å². The van der Waals surface area contributed by atoms with Crippen molar-refractivity contribution in [2.75, 3.05) is 5.32 Å². The third-order valence-corrected chi connectivity index (χ3v) is 7.29. The second-order valence-electron chi connectivity index (χ2n) is 7.35. The molecule has 3 aromatic rings. The van der Waals surface area contributed by atoms with E-state index in [0.29, 0.717) is 10.1 Å². The Kier molecular flexibility index (Phi) is 7.44. The van der Waals surface area contributed by atoms with Crippen LogP contribution in [-0.4, -0.2) is 31.1 Å². The molecule has 1 aromatic heterocycles. The first kappa shape index (κ1) is 28.8. The number of carbonyl (C=O) groups is 1. The number of hydrogen-bond acceptors (Lipinski definition) is 4. The standard InChI is InChI=1S/C20H10BrClF8N2O4S/c21-19(26,27)18(25,20(28,29)30)11-7-12(22)15(14(8-11)37(35,36)17(23)24)31-16(33)10-4-3-9-2-1-5-32(34)13(9)6-10/h1-8,17H,(H,31,33). The number of benzene rings is 2. The van der Waals surface area contributed by atoms with Crippen LogP contribution in [0.4, 0.5) is 40.8 Å². The number of nitrogens with one attached hydrogen (secondary N) is 1. The molecule has 0 spiro atoms. The van der Waals surface area contributed by atoms with E-state index in [-0.39, 0.29) is 17.1 Å². The zero-order valence-electron chi connectivity index (χ0n) is 17.5. The fourth-order valence-corrected chi connectivity index (χ4v) is 4.92. The van der Waals surface area contributed by atoms with Crippen molar-refractivity contribution < 1.29 is 53.1 Å². The summed E-state index contributed by atoms with van der Waals surface area (Å²) in [6.07, 6.45) is -5.31. The normalized spacial score (nSPS) is 14.6. The molecule has 6 nitrogen and oxygen atoms in total. The highest BCUT2D eigenvalue weighted by molar-refractivity contribution is 9.10. The molecule has 0 saturated carbocycles. The Bertz CT molecular complexity index is 1480. The van der Waals surface area contributed by atoms with Gasteiger partial charge in [0.1, 0.15) is 0 Å². The van der Waals surface area contributed by atoms with E-state index in [1.165, 1.54) is 34.1 Å². The maximum atomic E-state index is 14.9. The summed E-state index contributed by atoms with van der Waals surface area (Å²) in [5.41, 5.74) is -9.41. The minimum atomic E-state index is -6.39. The Labute approximate surface area is 215 Å². The first-order valence-corrected chi connectivity index (χ1v) is 12.2. The van der Waals surface area contributed by atoms with Crippen molar-refractivity contribution in [2.24, 2.45) is 0 Å². The van der Waals surface area contributed by atoms with Gasteiger partial charge in [-0.2, -0.15) is 35.5 Å². The van der Waals surface area contributed by atoms with Crippen LogP contribution in [-0.2, 0) is 15.5 Å². The number of aromatic nitrogens is 1. The molecule has 1 unspecified atom stereocenters. The second-order valence-corrected chi connectivity index (χ2v) is 10.6. The van der Waals surface area contributed by atoms with Gasteiger partial charge in [0.05, 0.1) is 15.6 Å². The Morgan fingerprint density at radius 3 is 2.22 bits per heavy atom. The van der Waals surface area contributed by atoms with Crippen molar-refractivity contribution in [1.82, 2.24) is 0 Å². The summed E-state index contributed by atoms with van der Waals surface area (Å²) < 4.78 is 134. The summed E-state index contributed by atoms with van der Waals surface area (Å²) >= 11 is 6.98. The minimum absolute atomic E-state index is 0.0519. The number of carbonyl (C=O) groups excluding carboxylic acids is 1. The molecule has 1 amide bonds. The summed E-state index contributed by atoms with van der Waals surface area (Å²) in [4.78, 5) is 5.46. The summed E-state index contributed by atoms with van der Waals surface area (Å²) in [5.74, 6) is -5.61. The van der Waals surface area contributed by atoms with Gasteiger partial charge in [-0.3, -0.25) is 4.79 Å². The molecule has 0 aliphatic heterocycles. The van der Waals surface area contributed by atoms with E-state index in [2.05, 4.69) is 0 Å². The van der Waals surface area contributed by atoms with Crippen molar-refractivity contribution in [3.05, 3.63) is 70.0 Å². The molecule has 0 radical (unpaired) electrons. The molecule has 37 heavy (non-hydrogen) atoms.